The van der Waals surface area contributed by atoms with Gasteiger partial charge in [-0.25, -0.2) is 0 Å². The zero-order chi connectivity index (χ0) is 16.6. The first-order valence-corrected chi connectivity index (χ1v) is 9.06. The molecule has 1 unspecified atom stereocenters. The van der Waals surface area contributed by atoms with Crippen LogP contribution in [0.15, 0.2) is 27.2 Å². The molecule has 0 saturated carbocycles. The quantitative estimate of drug-likeness (QED) is 0.661. The number of aromatic nitrogens is 5. The molecule has 122 valence electrons. The Kier molecular flexibility index (Phi) is 4.29. The highest BCUT2D eigenvalue weighted by Crippen LogP contribution is 2.35. The molecule has 0 aliphatic rings. The van der Waals surface area contributed by atoms with Crippen molar-refractivity contribution in [3.05, 3.63) is 29.2 Å². The lowest BCUT2D eigenvalue weighted by Gasteiger charge is -2.11. The van der Waals surface area contributed by atoms with Crippen LogP contribution in [0.4, 0.5) is 0 Å². The van der Waals surface area contributed by atoms with Crippen LogP contribution in [0, 0.1) is 0 Å². The fourth-order valence-electron chi connectivity index (χ4n) is 1.95. The van der Waals surface area contributed by atoms with E-state index in [-0.39, 0.29) is 10.7 Å². The highest BCUT2D eigenvalue weighted by Gasteiger charge is 2.25. The molecular formula is C15H19N5OS2. The Bertz CT molecular complexity index is 785. The van der Waals surface area contributed by atoms with Crippen LogP contribution >= 0.6 is 23.1 Å². The van der Waals surface area contributed by atoms with Gasteiger partial charge in [-0.05, 0) is 18.4 Å². The molecule has 3 heterocycles. The Labute approximate surface area is 143 Å². The van der Waals surface area contributed by atoms with Crippen LogP contribution in [0.5, 0.6) is 0 Å². The monoisotopic (exact) mass is 349 g/mol. The van der Waals surface area contributed by atoms with Crippen molar-refractivity contribution in [1.82, 2.24) is 24.9 Å². The fraction of sp³-hybridized carbons (Fsp3) is 0.467. The molecule has 0 amide bonds. The lowest BCUT2D eigenvalue weighted by molar-refractivity contribution is 0.364. The van der Waals surface area contributed by atoms with E-state index in [4.69, 9.17) is 4.52 Å². The molecule has 0 aliphatic carbocycles. The van der Waals surface area contributed by atoms with E-state index in [0.717, 1.165) is 21.7 Å². The molecule has 3 aromatic rings. The number of thiophene rings is 1. The summed E-state index contributed by atoms with van der Waals surface area (Å²) >= 11 is 3.21. The second-order valence-corrected chi connectivity index (χ2v) is 8.56. The summed E-state index contributed by atoms with van der Waals surface area (Å²) in [7, 11) is 1.97. The van der Waals surface area contributed by atoms with E-state index in [2.05, 4.69) is 41.1 Å². The van der Waals surface area contributed by atoms with Gasteiger partial charge in [-0.3, -0.25) is 0 Å². The predicted molar refractivity (Wildman–Crippen MR) is 91.6 cm³/mol. The Morgan fingerprint density at radius 3 is 2.70 bits per heavy atom. The van der Waals surface area contributed by atoms with Crippen molar-refractivity contribution in [2.24, 2.45) is 7.05 Å². The maximum absolute atomic E-state index is 5.41. The van der Waals surface area contributed by atoms with Crippen LogP contribution in [0.1, 0.15) is 44.7 Å². The van der Waals surface area contributed by atoms with Crippen LogP contribution in [-0.4, -0.2) is 24.9 Å². The van der Waals surface area contributed by atoms with Gasteiger partial charge >= 0.3 is 0 Å². The van der Waals surface area contributed by atoms with Crippen molar-refractivity contribution >= 4 is 23.1 Å². The third kappa shape index (κ3) is 3.32. The van der Waals surface area contributed by atoms with Gasteiger partial charge < -0.3 is 9.09 Å². The van der Waals surface area contributed by atoms with E-state index in [1.165, 1.54) is 0 Å². The average Bonchev–Trinajstić information content (AvgIpc) is 3.18. The van der Waals surface area contributed by atoms with Gasteiger partial charge in [-0.2, -0.15) is 4.98 Å². The maximum Gasteiger partial charge on any atom is 0.239 e. The molecule has 0 spiro atoms. The Morgan fingerprint density at radius 1 is 1.30 bits per heavy atom. The van der Waals surface area contributed by atoms with Gasteiger partial charge in [0, 0.05) is 12.5 Å². The third-order valence-electron chi connectivity index (χ3n) is 3.32. The number of hydrogen-bond donors (Lipinski definition) is 0. The van der Waals surface area contributed by atoms with Crippen molar-refractivity contribution in [3.63, 3.8) is 0 Å². The molecule has 8 heteroatoms. The summed E-state index contributed by atoms with van der Waals surface area (Å²) in [5, 5.41) is 15.5. The van der Waals surface area contributed by atoms with Gasteiger partial charge in [0.15, 0.2) is 16.8 Å². The van der Waals surface area contributed by atoms with Gasteiger partial charge in [0.1, 0.15) is 0 Å². The van der Waals surface area contributed by atoms with E-state index in [1.807, 2.05) is 36.1 Å². The van der Waals surface area contributed by atoms with E-state index >= 15 is 0 Å². The van der Waals surface area contributed by atoms with Crippen LogP contribution in [-0.2, 0) is 12.5 Å². The number of rotatable bonds is 4. The smallest absolute Gasteiger partial charge is 0.239 e. The van der Waals surface area contributed by atoms with Gasteiger partial charge in [0.05, 0.1) is 10.1 Å². The van der Waals surface area contributed by atoms with Crippen LogP contribution in [0.2, 0.25) is 0 Å². The predicted octanol–water partition coefficient (Wildman–Crippen LogP) is 4.08. The first-order chi connectivity index (χ1) is 10.9. The summed E-state index contributed by atoms with van der Waals surface area (Å²) in [5.74, 6) is 2.20. The molecule has 23 heavy (non-hydrogen) atoms. The van der Waals surface area contributed by atoms with E-state index in [9.17, 15) is 0 Å². The standard InChI is InChI=1S/C15H19N5OS2/c1-9(12-16-13(19-21-12)15(2,3)4)23-14-18-17-11(20(14)5)10-7-6-8-22-10/h6-9H,1-5H3. The van der Waals surface area contributed by atoms with Crippen LogP contribution < -0.4 is 0 Å². The summed E-state index contributed by atoms with van der Waals surface area (Å²) in [5.41, 5.74) is -0.122. The van der Waals surface area contributed by atoms with Crippen LogP contribution in [0.3, 0.4) is 0 Å². The highest BCUT2D eigenvalue weighted by atomic mass is 32.2. The van der Waals surface area contributed by atoms with Crippen LogP contribution in [0.25, 0.3) is 10.7 Å². The minimum atomic E-state index is -0.122. The van der Waals surface area contributed by atoms with E-state index < -0.39 is 0 Å². The SMILES string of the molecule is CC(Sc1nnc(-c2cccs2)n1C)c1nc(C(C)(C)C)no1. The van der Waals surface area contributed by atoms with Crippen molar-refractivity contribution in [2.75, 3.05) is 0 Å². The molecule has 0 aromatic carbocycles. The zero-order valence-electron chi connectivity index (χ0n) is 13.8. The Balaban J connectivity index is 1.78. The third-order valence-corrected chi connectivity index (χ3v) is 5.31. The van der Waals surface area contributed by atoms with E-state index in [0.29, 0.717) is 5.89 Å². The molecular weight excluding hydrogens is 330 g/mol. The largest absolute Gasteiger partial charge is 0.338 e. The van der Waals surface area contributed by atoms with Crippen molar-refractivity contribution in [1.29, 1.82) is 0 Å². The molecule has 6 nitrogen and oxygen atoms in total. The van der Waals surface area contributed by atoms with Crippen molar-refractivity contribution in [3.8, 4) is 10.7 Å². The minimum absolute atomic E-state index is 0.0117. The molecule has 0 saturated heterocycles. The second kappa shape index (κ2) is 6.09. The summed E-state index contributed by atoms with van der Waals surface area (Å²) in [6.45, 7) is 8.23. The second-order valence-electron chi connectivity index (χ2n) is 6.31. The van der Waals surface area contributed by atoms with Crippen molar-refractivity contribution < 1.29 is 4.52 Å². The molecule has 1 atom stereocenters. The summed E-state index contributed by atoms with van der Waals surface area (Å²) in [6.07, 6.45) is 0. The molecule has 0 aliphatic heterocycles. The molecule has 0 fully saturated rings. The van der Waals surface area contributed by atoms with Gasteiger partial charge in [-0.15, -0.1) is 21.5 Å². The molecule has 0 bridgehead atoms. The molecule has 3 rings (SSSR count). The zero-order valence-corrected chi connectivity index (χ0v) is 15.4. The fourth-order valence-corrected chi connectivity index (χ4v) is 3.54. The minimum Gasteiger partial charge on any atom is -0.338 e. The molecule has 0 radical (unpaired) electrons. The normalized spacial score (nSPS) is 13.4. The molecule has 0 N–H and O–H groups in total. The Morgan fingerprint density at radius 2 is 2.09 bits per heavy atom. The Hall–Kier alpha value is -1.67. The lowest BCUT2D eigenvalue weighted by Crippen LogP contribution is -2.13. The number of nitrogens with zero attached hydrogens (tertiary/aromatic N) is 5. The summed E-state index contributed by atoms with van der Waals surface area (Å²) < 4.78 is 7.40. The van der Waals surface area contributed by atoms with E-state index in [1.54, 1.807) is 23.1 Å². The summed E-state index contributed by atoms with van der Waals surface area (Å²) in [6, 6.07) is 4.05. The van der Waals surface area contributed by atoms with Gasteiger partial charge in [-0.1, -0.05) is 43.8 Å². The van der Waals surface area contributed by atoms with Gasteiger partial charge in [0.2, 0.25) is 5.89 Å². The highest BCUT2D eigenvalue weighted by molar-refractivity contribution is 7.99. The number of thioether (sulfide) groups is 1. The van der Waals surface area contributed by atoms with Crippen molar-refractivity contribution in [2.45, 2.75) is 43.5 Å². The van der Waals surface area contributed by atoms with Gasteiger partial charge in [0.25, 0.3) is 0 Å². The first-order valence-electron chi connectivity index (χ1n) is 7.30. The topological polar surface area (TPSA) is 69.6 Å². The number of hydrogen-bond acceptors (Lipinski definition) is 7. The summed E-state index contributed by atoms with van der Waals surface area (Å²) in [4.78, 5) is 5.61. The lowest BCUT2D eigenvalue weighted by atomic mass is 9.96. The molecule has 3 aromatic heterocycles. The first kappa shape index (κ1) is 16.2. The maximum atomic E-state index is 5.41. The average molecular weight is 349 g/mol.